The fourth-order valence-electron chi connectivity index (χ4n) is 3.72. The first-order valence-electron chi connectivity index (χ1n) is 7.99. The minimum Gasteiger partial charge on any atom is -0.375 e. The SMILES string of the molecule is CCCC(CNC1CC1)N1CCOC2CCCC21. The van der Waals surface area contributed by atoms with Gasteiger partial charge in [0.15, 0.2) is 0 Å². The molecule has 3 rings (SSSR count). The summed E-state index contributed by atoms with van der Waals surface area (Å²) in [6.45, 7) is 5.61. The van der Waals surface area contributed by atoms with E-state index in [4.69, 9.17) is 4.74 Å². The molecule has 3 heteroatoms. The Kier molecular flexibility index (Phi) is 4.22. The Hall–Kier alpha value is -0.120. The molecule has 1 saturated heterocycles. The molecule has 0 amide bonds. The van der Waals surface area contributed by atoms with Gasteiger partial charge in [-0.05, 0) is 38.5 Å². The van der Waals surface area contributed by atoms with Gasteiger partial charge in [0.05, 0.1) is 12.7 Å². The average Bonchev–Trinajstić information content (AvgIpc) is 3.09. The molecule has 1 aliphatic heterocycles. The quantitative estimate of drug-likeness (QED) is 0.784. The van der Waals surface area contributed by atoms with E-state index >= 15 is 0 Å². The number of nitrogens with one attached hydrogen (secondary N) is 1. The van der Waals surface area contributed by atoms with E-state index in [1.807, 2.05) is 0 Å². The summed E-state index contributed by atoms with van der Waals surface area (Å²) < 4.78 is 5.94. The molecule has 0 radical (unpaired) electrons. The van der Waals surface area contributed by atoms with E-state index in [1.54, 1.807) is 0 Å². The van der Waals surface area contributed by atoms with Crippen molar-refractivity contribution in [1.82, 2.24) is 10.2 Å². The van der Waals surface area contributed by atoms with Crippen molar-refractivity contribution in [2.45, 2.75) is 76.1 Å². The first kappa shape index (κ1) is 12.9. The van der Waals surface area contributed by atoms with E-state index in [-0.39, 0.29) is 0 Å². The van der Waals surface area contributed by atoms with Gasteiger partial charge in [-0.2, -0.15) is 0 Å². The first-order chi connectivity index (χ1) is 8.88. The van der Waals surface area contributed by atoms with Gasteiger partial charge in [-0.25, -0.2) is 0 Å². The van der Waals surface area contributed by atoms with E-state index in [1.165, 1.54) is 51.5 Å². The monoisotopic (exact) mass is 252 g/mol. The van der Waals surface area contributed by atoms with E-state index in [0.717, 1.165) is 31.3 Å². The van der Waals surface area contributed by atoms with Crippen LogP contribution in [0.3, 0.4) is 0 Å². The molecule has 0 bridgehead atoms. The third-order valence-electron chi connectivity index (χ3n) is 4.84. The minimum atomic E-state index is 0.541. The molecule has 3 atom stereocenters. The van der Waals surface area contributed by atoms with Gasteiger partial charge in [-0.15, -0.1) is 0 Å². The standard InChI is InChI=1S/C15H28N2O/c1-2-4-13(11-16-12-7-8-12)17-9-10-18-15-6-3-5-14(15)17/h12-16H,2-11H2,1H3. The lowest BCUT2D eigenvalue weighted by molar-refractivity contribution is -0.0725. The zero-order valence-electron chi connectivity index (χ0n) is 11.7. The van der Waals surface area contributed by atoms with Gasteiger partial charge in [-0.3, -0.25) is 4.90 Å². The van der Waals surface area contributed by atoms with E-state index in [9.17, 15) is 0 Å². The van der Waals surface area contributed by atoms with Gasteiger partial charge in [0.1, 0.15) is 0 Å². The Morgan fingerprint density at radius 1 is 1.28 bits per heavy atom. The van der Waals surface area contributed by atoms with Crippen LogP contribution in [0.15, 0.2) is 0 Å². The maximum absolute atomic E-state index is 5.94. The molecule has 104 valence electrons. The van der Waals surface area contributed by atoms with E-state index < -0.39 is 0 Å². The summed E-state index contributed by atoms with van der Waals surface area (Å²) in [5.41, 5.74) is 0. The summed E-state index contributed by atoms with van der Waals surface area (Å²) in [5.74, 6) is 0. The topological polar surface area (TPSA) is 24.5 Å². The summed E-state index contributed by atoms with van der Waals surface area (Å²) >= 11 is 0. The summed E-state index contributed by atoms with van der Waals surface area (Å²) in [7, 11) is 0. The van der Waals surface area contributed by atoms with E-state index in [2.05, 4.69) is 17.1 Å². The summed E-state index contributed by atoms with van der Waals surface area (Å²) in [4.78, 5) is 2.78. The molecule has 3 unspecified atom stereocenters. The molecule has 1 heterocycles. The fraction of sp³-hybridized carbons (Fsp3) is 1.00. The zero-order chi connectivity index (χ0) is 12.4. The average molecular weight is 252 g/mol. The highest BCUT2D eigenvalue weighted by Crippen LogP contribution is 2.32. The Bertz CT molecular complexity index is 267. The molecule has 18 heavy (non-hydrogen) atoms. The van der Waals surface area contributed by atoms with E-state index in [0.29, 0.717) is 6.10 Å². The van der Waals surface area contributed by atoms with Gasteiger partial charge >= 0.3 is 0 Å². The predicted octanol–water partition coefficient (Wildman–Crippen LogP) is 2.16. The largest absolute Gasteiger partial charge is 0.375 e. The van der Waals surface area contributed by atoms with Crippen molar-refractivity contribution in [3.8, 4) is 0 Å². The lowest BCUT2D eigenvalue weighted by atomic mass is 10.0. The van der Waals surface area contributed by atoms with Crippen molar-refractivity contribution in [1.29, 1.82) is 0 Å². The van der Waals surface area contributed by atoms with Crippen molar-refractivity contribution < 1.29 is 4.74 Å². The number of hydrogen-bond acceptors (Lipinski definition) is 3. The summed E-state index contributed by atoms with van der Waals surface area (Å²) in [6.07, 6.45) is 9.97. The molecule has 3 fully saturated rings. The second-order valence-electron chi connectivity index (χ2n) is 6.27. The zero-order valence-corrected chi connectivity index (χ0v) is 11.7. The Labute approximate surface area is 111 Å². The number of nitrogens with zero attached hydrogens (tertiary/aromatic N) is 1. The van der Waals surface area contributed by atoms with Crippen LogP contribution in [0.1, 0.15) is 51.9 Å². The molecular weight excluding hydrogens is 224 g/mol. The summed E-state index contributed by atoms with van der Waals surface area (Å²) in [5, 5.41) is 3.74. The predicted molar refractivity (Wildman–Crippen MR) is 73.8 cm³/mol. The smallest absolute Gasteiger partial charge is 0.0731 e. The Morgan fingerprint density at radius 2 is 2.17 bits per heavy atom. The molecule has 0 spiro atoms. The highest BCUT2D eigenvalue weighted by atomic mass is 16.5. The molecule has 2 aliphatic carbocycles. The maximum Gasteiger partial charge on any atom is 0.0731 e. The van der Waals surface area contributed by atoms with Crippen molar-refractivity contribution in [2.75, 3.05) is 19.7 Å². The van der Waals surface area contributed by atoms with Crippen LogP contribution in [0.25, 0.3) is 0 Å². The van der Waals surface area contributed by atoms with Crippen molar-refractivity contribution >= 4 is 0 Å². The van der Waals surface area contributed by atoms with Crippen LogP contribution in [0.4, 0.5) is 0 Å². The lowest BCUT2D eigenvalue weighted by Gasteiger charge is -2.43. The summed E-state index contributed by atoms with van der Waals surface area (Å²) in [6, 6.07) is 2.30. The van der Waals surface area contributed by atoms with Gasteiger partial charge < -0.3 is 10.1 Å². The van der Waals surface area contributed by atoms with Gasteiger partial charge in [-0.1, -0.05) is 13.3 Å². The molecule has 1 N–H and O–H groups in total. The van der Waals surface area contributed by atoms with Gasteiger partial charge in [0.25, 0.3) is 0 Å². The van der Waals surface area contributed by atoms with Crippen LogP contribution in [0, 0.1) is 0 Å². The number of morpholine rings is 1. The Morgan fingerprint density at radius 3 is 2.94 bits per heavy atom. The molecule has 3 nitrogen and oxygen atoms in total. The molecular formula is C15H28N2O. The highest BCUT2D eigenvalue weighted by Gasteiger charge is 2.39. The molecule has 2 saturated carbocycles. The van der Waals surface area contributed by atoms with Gasteiger partial charge in [0, 0.05) is 31.2 Å². The normalized spacial score (nSPS) is 34.5. The maximum atomic E-state index is 5.94. The van der Waals surface area contributed by atoms with Gasteiger partial charge in [0.2, 0.25) is 0 Å². The van der Waals surface area contributed by atoms with Crippen LogP contribution in [-0.4, -0.2) is 48.8 Å². The fourth-order valence-corrected chi connectivity index (χ4v) is 3.72. The van der Waals surface area contributed by atoms with Crippen LogP contribution in [0.5, 0.6) is 0 Å². The third kappa shape index (κ3) is 2.89. The number of ether oxygens (including phenoxy) is 1. The van der Waals surface area contributed by atoms with Crippen molar-refractivity contribution in [3.63, 3.8) is 0 Å². The molecule has 0 aromatic heterocycles. The lowest BCUT2D eigenvalue weighted by Crippen LogP contribution is -2.55. The second kappa shape index (κ2) is 5.89. The highest BCUT2D eigenvalue weighted by molar-refractivity contribution is 4.93. The Balaban J connectivity index is 1.59. The van der Waals surface area contributed by atoms with Crippen LogP contribution in [-0.2, 0) is 4.74 Å². The molecule has 0 aromatic carbocycles. The van der Waals surface area contributed by atoms with Crippen LogP contribution >= 0.6 is 0 Å². The number of hydrogen-bond donors (Lipinski definition) is 1. The van der Waals surface area contributed by atoms with Crippen LogP contribution in [0.2, 0.25) is 0 Å². The molecule has 3 aliphatic rings. The second-order valence-corrected chi connectivity index (χ2v) is 6.27. The first-order valence-corrected chi connectivity index (χ1v) is 7.99. The van der Waals surface area contributed by atoms with Crippen molar-refractivity contribution in [2.24, 2.45) is 0 Å². The molecule has 0 aromatic rings. The van der Waals surface area contributed by atoms with Crippen molar-refractivity contribution in [3.05, 3.63) is 0 Å². The van der Waals surface area contributed by atoms with Crippen LogP contribution < -0.4 is 5.32 Å². The number of fused-ring (bicyclic) bond motifs is 1. The minimum absolute atomic E-state index is 0.541. The third-order valence-corrected chi connectivity index (χ3v) is 4.84. The number of rotatable bonds is 6.